The average Bonchev–Trinajstić information content (AvgIpc) is 1.68. The normalized spacial score (nSPS) is 7.75. The monoisotopic (exact) mass is 120 g/mol. The second kappa shape index (κ2) is 6.59. The maximum absolute atomic E-state index is 10.0. The summed E-state index contributed by atoms with van der Waals surface area (Å²) in [5, 5.41) is 16.0. The highest BCUT2D eigenvalue weighted by molar-refractivity contribution is 5.79. The Morgan fingerprint density at radius 1 is 1.38 bits per heavy atom. The van der Waals surface area contributed by atoms with E-state index in [2.05, 4.69) is 0 Å². The minimum absolute atomic E-state index is 0. The molecular formula is C5H12O3. The van der Waals surface area contributed by atoms with Crippen LogP contribution in [0.25, 0.3) is 0 Å². The molecule has 0 amide bonds. The van der Waals surface area contributed by atoms with Crippen LogP contribution in [-0.2, 0) is 4.79 Å². The maximum Gasteiger partial charge on any atom is 0.160 e. The molecule has 0 unspecified atom stereocenters. The number of carbonyl (C=O) groups excluding carboxylic acids is 1. The number of rotatable bonds is 3. The molecule has 0 radical (unpaired) electrons. The second-order valence-corrected chi connectivity index (χ2v) is 1.17. The molecule has 0 fully saturated rings. The first-order valence-corrected chi connectivity index (χ1v) is 2.04. The van der Waals surface area contributed by atoms with Crippen LogP contribution < -0.4 is 0 Å². The molecular weight excluding hydrogens is 108 g/mol. The maximum atomic E-state index is 10.0. The molecule has 3 nitrogen and oxygen atoms in total. The van der Waals surface area contributed by atoms with Crippen molar-refractivity contribution in [2.75, 3.05) is 13.2 Å². The summed E-state index contributed by atoms with van der Waals surface area (Å²) in [6.45, 7) is -0.625. The highest BCUT2D eigenvalue weighted by atomic mass is 16.3. The van der Waals surface area contributed by atoms with Crippen LogP contribution in [0.2, 0.25) is 0 Å². The van der Waals surface area contributed by atoms with E-state index >= 15 is 0 Å². The number of aliphatic hydroxyl groups excluding tert-OH is 2. The molecule has 2 N–H and O–H groups in total. The lowest BCUT2D eigenvalue weighted by Gasteiger charge is -1.86. The molecule has 0 aliphatic rings. The highest BCUT2D eigenvalue weighted by Gasteiger charge is 1.93. The molecule has 8 heavy (non-hydrogen) atoms. The Bertz CT molecular complexity index is 60.7. The summed E-state index contributed by atoms with van der Waals surface area (Å²) >= 11 is 0. The van der Waals surface area contributed by atoms with E-state index in [1.165, 1.54) is 0 Å². The minimum Gasteiger partial charge on any atom is -0.396 e. The van der Waals surface area contributed by atoms with Crippen LogP contribution in [0.3, 0.4) is 0 Å². The predicted molar refractivity (Wildman–Crippen MR) is 30.5 cm³/mol. The Morgan fingerprint density at radius 2 is 1.88 bits per heavy atom. The van der Waals surface area contributed by atoms with Crippen molar-refractivity contribution in [3.05, 3.63) is 0 Å². The van der Waals surface area contributed by atoms with E-state index in [1.807, 2.05) is 0 Å². The van der Waals surface area contributed by atoms with Gasteiger partial charge < -0.3 is 10.2 Å². The van der Waals surface area contributed by atoms with Gasteiger partial charge in [-0.2, -0.15) is 0 Å². The zero-order valence-electron chi connectivity index (χ0n) is 3.92. The van der Waals surface area contributed by atoms with E-state index < -0.39 is 6.61 Å². The molecule has 0 rings (SSSR count). The number of carbonyl (C=O) groups is 1. The Morgan fingerprint density at radius 3 is 2.00 bits per heavy atom. The molecule has 0 aliphatic carbocycles. The van der Waals surface area contributed by atoms with Crippen LogP contribution in [0.5, 0.6) is 0 Å². The van der Waals surface area contributed by atoms with Crippen molar-refractivity contribution >= 4 is 5.78 Å². The molecule has 0 aromatic rings. The SMILES string of the molecule is C.O=C(CO)CCO. The third kappa shape index (κ3) is 5.59. The Labute approximate surface area is 49.0 Å². The van der Waals surface area contributed by atoms with Gasteiger partial charge in [0.2, 0.25) is 0 Å². The van der Waals surface area contributed by atoms with Gasteiger partial charge in [-0.3, -0.25) is 4.79 Å². The van der Waals surface area contributed by atoms with Crippen LogP contribution >= 0.6 is 0 Å². The van der Waals surface area contributed by atoms with Gasteiger partial charge in [-0.15, -0.1) is 0 Å². The third-order valence-corrected chi connectivity index (χ3v) is 0.567. The number of aliphatic hydroxyl groups is 2. The summed E-state index contributed by atoms with van der Waals surface area (Å²) < 4.78 is 0. The lowest BCUT2D eigenvalue weighted by molar-refractivity contribution is -0.122. The number of Topliss-reactive ketones (excluding diaryl/α,β-unsaturated/α-hetero) is 1. The van der Waals surface area contributed by atoms with Crippen molar-refractivity contribution in [3.63, 3.8) is 0 Å². The van der Waals surface area contributed by atoms with Gasteiger partial charge >= 0.3 is 0 Å². The second-order valence-electron chi connectivity index (χ2n) is 1.17. The van der Waals surface area contributed by atoms with Gasteiger partial charge in [0.15, 0.2) is 5.78 Å². The van der Waals surface area contributed by atoms with E-state index in [0.29, 0.717) is 0 Å². The molecule has 0 aromatic heterocycles. The summed E-state index contributed by atoms with van der Waals surface area (Å²) in [5.41, 5.74) is 0. The molecule has 0 saturated carbocycles. The van der Waals surface area contributed by atoms with Gasteiger partial charge in [0.1, 0.15) is 6.61 Å². The fourth-order valence-electron chi connectivity index (χ4n) is 0.204. The predicted octanol–water partition coefficient (Wildman–Crippen LogP) is -0.434. The van der Waals surface area contributed by atoms with E-state index in [4.69, 9.17) is 10.2 Å². The highest BCUT2D eigenvalue weighted by Crippen LogP contribution is 1.75. The fraction of sp³-hybridized carbons (Fsp3) is 0.800. The lowest BCUT2D eigenvalue weighted by atomic mass is 10.3. The molecule has 0 aromatic carbocycles. The zero-order chi connectivity index (χ0) is 5.70. The van der Waals surface area contributed by atoms with Gasteiger partial charge in [-0.05, 0) is 0 Å². The third-order valence-electron chi connectivity index (χ3n) is 0.567. The zero-order valence-corrected chi connectivity index (χ0v) is 3.92. The van der Waals surface area contributed by atoms with Gasteiger partial charge in [0.25, 0.3) is 0 Å². The van der Waals surface area contributed by atoms with Crippen molar-refractivity contribution in [2.24, 2.45) is 0 Å². The molecule has 50 valence electrons. The topological polar surface area (TPSA) is 57.5 Å². The first-order chi connectivity index (χ1) is 3.31. The van der Waals surface area contributed by atoms with Crippen LogP contribution in [-0.4, -0.2) is 29.2 Å². The van der Waals surface area contributed by atoms with Gasteiger partial charge in [-0.25, -0.2) is 0 Å². The Balaban J connectivity index is 0. The summed E-state index contributed by atoms with van der Waals surface area (Å²) in [6, 6.07) is 0. The van der Waals surface area contributed by atoms with Crippen molar-refractivity contribution < 1.29 is 15.0 Å². The van der Waals surface area contributed by atoms with Crippen LogP contribution in [0.1, 0.15) is 13.8 Å². The summed E-state index contributed by atoms with van der Waals surface area (Å²) in [5.74, 6) is -0.317. The van der Waals surface area contributed by atoms with Gasteiger partial charge in [0.05, 0.1) is 6.61 Å². The molecule has 0 saturated heterocycles. The number of hydrogen-bond donors (Lipinski definition) is 2. The van der Waals surface area contributed by atoms with Crippen LogP contribution in [0.15, 0.2) is 0 Å². The molecule has 0 bridgehead atoms. The number of ketones is 1. The van der Waals surface area contributed by atoms with E-state index in [9.17, 15) is 4.79 Å². The van der Waals surface area contributed by atoms with E-state index in [0.717, 1.165) is 0 Å². The van der Waals surface area contributed by atoms with E-state index in [-0.39, 0.29) is 26.2 Å². The fourth-order valence-corrected chi connectivity index (χ4v) is 0.204. The van der Waals surface area contributed by atoms with Gasteiger partial charge in [-0.1, -0.05) is 7.43 Å². The summed E-state index contributed by atoms with van der Waals surface area (Å²) in [4.78, 5) is 10.0. The largest absolute Gasteiger partial charge is 0.396 e. The number of hydrogen-bond acceptors (Lipinski definition) is 3. The van der Waals surface area contributed by atoms with E-state index in [1.54, 1.807) is 0 Å². The average molecular weight is 120 g/mol. The molecule has 0 atom stereocenters. The van der Waals surface area contributed by atoms with Crippen molar-refractivity contribution in [1.82, 2.24) is 0 Å². The first-order valence-electron chi connectivity index (χ1n) is 2.04. The van der Waals surface area contributed by atoms with Gasteiger partial charge in [0, 0.05) is 6.42 Å². The standard InChI is InChI=1S/C4H8O3.CH4/c5-2-1-4(7)3-6;/h5-6H,1-3H2;1H4. The first kappa shape index (κ1) is 10.5. The van der Waals surface area contributed by atoms with Crippen molar-refractivity contribution in [2.45, 2.75) is 13.8 Å². The van der Waals surface area contributed by atoms with Crippen LogP contribution in [0, 0.1) is 0 Å². The van der Waals surface area contributed by atoms with Crippen molar-refractivity contribution in [3.8, 4) is 0 Å². The Kier molecular flexibility index (Phi) is 8.69. The molecule has 0 spiro atoms. The smallest absolute Gasteiger partial charge is 0.160 e. The van der Waals surface area contributed by atoms with Crippen molar-refractivity contribution in [1.29, 1.82) is 0 Å². The minimum atomic E-state index is -0.458. The Hall–Kier alpha value is -0.410. The molecule has 0 aliphatic heterocycles. The summed E-state index contributed by atoms with van der Waals surface area (Å²) in [7, 11) is 0. The lowest BCUT2D eigenvalue weighted by Crippen LogP contribution is -2.04. The molecule has 0 heterocycles. The quantitative estimate of drug-likeness (QED) is 0.531. The summed E-state index contributed by atoms with van der Waals surface area (Å²) in [6.07, 6.45) is 0.0660. The van der Waals surface area contributed by atoms with Crippen LogP contribution in [0.4, 0.5) is 0 Å². The molecule has 3 heteroatoms.